The third-order valence-corrected chi connectivity index (χ3v) is 2.49. The zero-order valence-corrected chi connectivity index (χ0v) is 9.53. The molecule has 1 radical (unpaired) electrons. The van der Waals surface area contributed by atoms with E-state index < -0.39 is 0 Å². The summed E-state index contributed by atoms with van der Waals surface area (Å²) in [5.74, 6) is 1.52. The van der Waals surface area contributed by atoms with E-state index in [0.29, 0.717) is 0 Å². The van der Waals surface area contributed by atoms with Crippen LogP contribution in [0.15, 0.2) is 12.2 Å². The lowest BCUT2D eigenvalue weighted by Gasteiger charge is -2.26. The number of Topliss-reactive ketones (excluding diaryl/α,β-unsaturated/α-hetero) is 1. The molecule has 0 rings (SSSR count). The summed E-state index contributed by atoms with van der Waals surface area (Å²) >= 11 is 0. The maximum atomic E-state index is 11.1. The molecule has 13 heavy (non-hydrogen) atoms. The van der Waals surface area contributed by atoms with E-state index in [9.17, 15) is 4.79 Å². The highest BCUT2D eigenvalue weighted by Gasteiger charge is 2.24. The number of ketones is 1. The lowest BCUT2D eigenvalue weighted by Crippen LogP contribution is -2.19. The molecule has 0 unspecified atom stereocenters. The average molecular weight is 181 g/mol. The van der Waals surface area contributed by atoms with Crippen LogP contribution in [-0.4, -0.2) is 5.78 Å². The Kier molecular flexibility index (Phi) is 4.38. The molecule has 0 aromatic rings. The lowest BCUT2D eigenvalue weighted by atomic mass is 9.78. The number of hydrogen-bond donors (Lipinski definition) is 0. The Labute approximate surface area is 82.2 Å². The van der Waals surface area contributed by atoms with Crippen molar-refractivity contribution in [3.8, 4) is 0 Å². The minimum absolute atomic E-state index is 0.0525. The summed E-state index contributed by atoms with van der Waals surface area (Å²) in [6, 6.07) is 0. The Bertz CT molecular complexity index is 199. The Morgan fingerprint density at radius 2 is 1.69 bits per heavy atom. The number of hydrogen-bond acceptors (Lipinski definition) is 1. The van der Waals surface area contributed by atoms with Crippen molar-refractivity contribution in [3.05, 3.63) is 18.1 Å². The van der Waals surface area contributed by atoms with E-state index in [1.807, 2.05) is 0 Å². The van der Waals surface area contributed by atoms with Gasteiger partial charge in [-0.3, -0.25) is 4.79 Å². The van der Waals surface area contributed by atoms with Crippen LogP contribution >= 0.6 is 0 Å². The normalized spacial score (nSPS) is 11.8. The molecule has 0 heterocycles. The number of carbonyl (C=O) groups excluding carboxylic acids is 1. The van der Waals surface area contributed by atoms with E-state index in [-0.39, 0.29) is 11.2 Å². The van der Waals surface area contributed by atoms with Gasteiger partial charge in [0, 0.05) is 0 Å². The van der Waals surface area contributed by atoms with E-state index in [2.05, 4.69) is 34.3 Å². The van der Waals surface area contributed by atoms with Gasteiger partial charge in [-0.25, -0.2) is 0 Å². The van der Waals surface area contributed by atoms with Crippen molar-refractivity contribution in [1.82, 2.24) is 0 Å². The first-order valence-corrected chi connectivity index (χ1v) is 4.76. The molecule has 0 bridgehead atoms. The van der Waals surface area contributed by atoms with Crippen LogP contribution < -0.4 is 0 Å². The Morgan fingerprint density at radius 3 is 2.00 bits per heavy atom. The topological polar surface area (TPSA) is 17.1 Å². The van der Waals surface area contributed by atoms with Crippen molar-refractivity contribution < 1.29 is 4.79 Å². The highest BCUT2D eigenvalue weighted by molar-refractivity contribution is 5.93. The van der Waals surface area contributed by atoms with Gasteiger partial charge < -0.3 is 0 Å². The Balaban J connectivity index is 4.22. The van der Waals surface area contributed by atoms with Crippen molar-refractivity contribution in [2.75, 3.05) is 0 Å². The zero-order chi connectivity index (χ0) is 10.6. The monoisotopic (exact) mass is 181 g/mol. The summed E-state index contributed by atoms with van der Waals surface area (Å²) < 4.78 is 0. The summed E-state index contributed by atoms with van der Waals surface area (Å²) in [6.07, 6.45) is 2.08. The quantitative estimate of drug-likeness (QED) is 0.593. The van der Waals surface area contributed by atoms with Gasteiger partial charge in [-0.05, 0) is 36.7 Å². The summed E-state index contributed by atoms with van der Waals surface area (Å²) in [4.78, 5) is 11.1. The van der Waals surface area contributed by atoms with Gasteiger partial charge in [0.25, 0.3) is 0 Å². The molecular weight excluding hydrogens is 160 g/mol. The average Bonchev–Trinajstić information content (AvgIpc) is 1.99. The summed E-state index contributed by atoms with van der Waals surface area (Å²) in [5, 5.41) is 0. The van der Waals surface area contributed by atoms with Gasteiger partial charge in [-0.2, -0.15) is 0 Å². The minimum atomic E-state index is -0.0525. The number of carbonyl (C=O) groups is 1. The summed E-state index contributed by atoms with van der Waals surface area (Å²) in [7, 11) is 0. The molecule has 0 saturated heterocycles. The molecule has 1 heteroatoms. The van der Waals surface area contributed by atoms with Crippen LogP contribution in [0.5, 0.6) is 0 Å². The molecule has 0 saturated carbocycles. The molecule has 0 aliphatic carbocycles. The second-order valence-electron chi connectivity index (χ2n) is 4.63. The van der Waals surface area contributed by atoms with Gasteiger partial charge in [0.15, 0.2) is 5.78 Å². The Morgan fingerprint density at radius 1 is 1.23 bits per heavy atom. The van der Waals surface area contributed by atoms with Crippen molar-refractivity contribution in [3.63, 3.8) is 0 Å². The van der Waals surface area contributed by atoms with Gasteiger partial charge in [0.2, 0.25) is 0 Å². The molecule has 0 atom stereocenters. The van der Waals surface area contributed by atoms with Crippen molar-refractivity contribution in [2.24, 2.45) is 5.41 Å². The number of rotatable bonds is 5. The summed E-state index contributed by atoms with van der Waals surface area (Å²) in [6.45, 7) is 13.8. The van der Waals surface area contributed by atoms with E-state index >= 15 is 0 Å². The molecule has 0 N–H and O–H groups in total. The van der Waals surface area contributed by atoms with Crippen LogP contribution in [0.25, 0.3) is 0 Å². The molecular formula is C12H21O. The van der Waals surface area contributed by atoms with Crippen molar-refractivity contribution >= 4 is 5.78 Å². The van der Waals surface area contributed by atoms with Crippen molar-refractivity contribution in [1.29, 1.82) is 0 Å². The Hall–Kier alpha value is -0.590. The highest BCUT2D eigenvalue weighted by Crippen LogP contribution is 2.32. The van der Waals surface area contributed by atoms with Gasteiger partial charge >= 0.3 is 0 Å². The molecule has 0 aromatic heterocycles. The number of allylic oxidation sites excluding steroid dienone is 1. The third kappa shape index (κ3) is 4.25. The van der Waals surface area contributed by atoms with Crippen LogP contribution in [0.3, 0.4) is 0 Å². The maximum absolute atomic E-state index is 11.1. The highest BCUT2D eigenvalue weighted by atomic mass is 16.1. The molecule has 0 fully saturated rings. The fraction of sp³-hybridized carbons (Fsp3) is 0.667. The van der Waals surface area contributed by atoms with Gasteiger partial charge in [-0.15, -0.1) is 0 Å². The van der Waals surface area contributed by atoms with E-state index in [0.717, 1.165) is 18.4 Å². The van der Waals surface area contributed by atoms with Crippen LogP contribution in [-0.2, 0) is 4.79 Å². The summed E-state index contributed by atoms with van der Waals surface area (Å²) in [5.41, 5.74) is 0.692. The smallest absolute Gasteiger partial charge is 0.155 e. The minimum Gasteiger partial charge on any atom is -0.295 e. The van der Waals surface area contributed by atoms with E-state index in [1.165, 1.54) is 5.92 Å². The predicted molar refractivity (Wildman–Crippen MR) is 57.4 cm³/mol. The van der Waals surface area contributed by atoms with Gasteiger partial charge in [0.1, 0.15) is 0 Å². The van der Waals surface area contributed by atoms with Gasteiger partial charge in [0.05, 0.1) is 0 Å². The maximum Gasteiger partial charge on any atom is 0.155 e. The molecule has 0 amide bonds. The van der Waals surface area contributed by atoms with Crippen molar-refractivity contribution in [2.45, 2.75) is 47.5 Å². The molecule has 0 aliphatic heterocycles. The molecule has 0 aliphatic rings. The zero-order valence-electron chi connectivity index (χ0n) is 9.53. The largest absolute Gasteiger partial charge is 0.295 e. The first-order valence-electron chi connectivity index (χ1n) is 4.76. The van der Waals surface area contributed by atoms with Crippen LogP contribution in [0.4, 0.5) is 0 Å². The predicted octanol–water partition coefficient (Wildman–Crippen LogP) is 3.55. The lowest BCUT2D eigenvalue weighted by molar-refractivity contribution is -0.114. The van der Waals surface area contributed by atoms with Crippen LogP contribution in [0.1, 0.15) is 47.5 Å². The van der Waals surface area contributed by atoms with Gasteiger partial charge in [-0.1, -0.05) is 34.3 Å². The molecule has 0 aromatic carbocycles. The second kappa shape index (κ2) is 4.59. The molecule has 0 spiro atoms. The SMILES string of the molecule is C=C(C(C)=O)C(C)(C)CC[C](C)C. The third-order valence-electron chi connectivity index (χ3n) is 2.49. The van der Waals surface area contributed by atoms with E-state index in [1.54, 1.807) is 6.92 Å². The first-order chi connectivity index (χ1) is 5.77. The molecule has 1 nitrogen and oxygen atoms in total. The second-order valence-corrected chi connectivity index (χ2v) is 4.63. The van der Waals surface area contributed by atoms with Crippen LogP contribution in [0.2, 0.25) is 0 Å². The van der Waals surface area contributed by atoms with Crippen LogP contribution in [0, 0.1) is 11.3 Å². The fourth-order valence-electron chi connectivity index (χ4n) is 1.19. The fourth-order valence-corrected chi connectivity index (χ4v) is 1.19. The standard InChI is InChI=1S/C12H21O/c1-9(2)7-8-12(5,6)10(3)11(4)13/h3,7-8H2,1-2,4-6H3. The van der Waals surface area contributed by atoms with E-state index in [4.69, 9.17) is 0 Å². The molecule has 75 valence electrons. The first kappa shape index (κ1) is 12.4.